The van der Waals surface area contributed by atoms with Crippen molar-refractivity contribution >= 4 is 28.1 Å². The number of nitrogens with zero attached hydrogens (tertiary/aromatic N) is 4. The number of carbonyl (C=O) groups excluding carboxylic acids is 1. The molecule has 1 aliphatic rings. The molecule has 1 fully saturated rings. The number of aromatic nitrogens is 1. The second-order valence-corrected chi connectivity index (χ2v) is 10.3. The summed E-state index contributed by atoms with van der Waals surface area (Å²) in [6.07, 6.45) is 2.06. The van der Waals surface area contributed by atoms with Gasteiger partial charge in [-0.05, 0) is 62.1 Å². The first-order chi connectivity index (χ1) is 17.5. The molecule has 0 amide bonds. The Bertz CT molecular complexity index is 1140. The molecule has 0 unspecified atom stereocenters. The highest BCUT2D eigenvalue weighted by Crippen LogP contribution is 2.34. The predicted molar refractivity (Wildman–Crippen MR) is 150 cm³/mol. The first-order valence-corrected chi connectivity index (χ1v) is 13.9. The zero-order chi connectivity index (χ0) is 25.5. The highest BCUT2D eigenvalue weighted by atomic mass is 32.1. The largest absolute Gasteiger partial charge is 0.461 e. The number of likely N-dealkylation sites (N-methyl/N-ethyl adjacent to an activating group) is 1. The van der Waals surface area contributed by atoms with Crippen LogP contribution < -0.4 is 4.90 Å². The molecule has 4 rings (SSSR count). The fourth-order valence-electron chi connectivity index (χ4n) is 4.53. The zero-order valence-corrected chi connectivity index (χ0v) is 22.8. The summed E-state index contributed by atoms with van der Waals surface area (Å²) in [5, 5.41) is 2.61. The van der Waals surface area contributed by atoms with Gasteiger partial charge in [-0.15, -0.1) is 11.3 Å². The van der Waals surface area contributed by atoms with E-state index in [2.05, 4.69) is 83.0 Å². The number of benzene rings is 2. The van der Waals surface area contributed by atoms with E-state index in [-0.39, 0.29) is 5.97 Å². The van der Waals surface area contributed by atoms with E-state index < -0.39 is 0 Å². The van der Waals surface area contributed by atoms with Crippen molar-refractivity contribution in [1.82, 2.24) is 14.8 Å². The standard InChI is InChI=1S/C29H38N4O2S/c1-5-14-33(29-30-26(21-36-29)28(34)35-6-2)27-20-25(10-7-22(27)3)24-11-8-23(9-12-24)13-15-32-18-16-31(4)17-19-32/h7-12,20-21H,5-6,13-19H2,1-4H3. The second-order valence-electron chi connectivity index (χ2n) is 9.48. The lowest BCUT2D eigenvalue weighted by Gasteiger charge is -2.32. The second kappa shape index (κ2) is 12.5. The van der Waals surface area contributed by atoms with Crippen molar-refractivity contribution in [3.8, 4) is 11.1 Å². The molecule has 3 aromatic rings. The van der Waals surface area contributed by atoms with Crippen LogP contribution in [0.1, 0.15) is 41.9 Å². The highest BCUT2D eigenvalue weighted by molar-refractivity contribution is 7.14. The molecule has 0 bridgehead atoms. The summed E-state index contributed by atoms with van der Waals surface area (Å²) in [4.78, 5) is 23.9. The quantitative estimate of drug-likeness (QED) is 0.332. The van der Waals surface area contributed by atoms with Gasteiger partial charge in [0.25, 0.3) is 0 Å². The van der Waals surface area contributed by atoms with Crippen LogP contribution in [0.4, 0.5) is 10.8 Å². The van der Waals surface area contributed by atoms with Crippen molar-refractivity contribution in [1.29, 1.82) is 0 Å². The number of anilines is 2. The molecule has 2 heterocycles. The van der Waals surface area contributed by atoms with Crippen LogP contribution in [-0.4, -0.2) is 73.7 Å². The maximum atomic E-state index is 12.2. The van der Waals surface area contributed by atoms with Gasteiger partial charge in [0, 0.05) is 50.3 Å². The van der Waals surface area contributed by atoms with E-state index in [4.69, 9.17) is 4.74 Å². The summed E-state index contributed by atoms with van der Waals surface area (Å²) < 4.78 is 5.14. The summed E-state index contributed by atoms with van der Waals surface area (Å²) >= 11 is 1.48. The number of aryl methyl sites for hydroxylation is 1. The average Bonchev–Trinajstić information content (AvgIpc) is 3.38. The lowest BCUT2D eigenvalue weighted by Crippen LogP contribution is -2.45. The van der Waals surface area contributed by atoms with Crippen molar-refractivity contribution in [3.05, 3.63) is 64.7 Å². The van der Waals surface area contributed by atoms with Crippen LogP contribution in [0.15, 0.2) is 47.8 Å². The molecule has 36 heavy (non-hydrogen) atoms. The molecule has 0 saturated carbocycles. The maximum absolute atomic E-state index is 12.2. The van der Waals surface area contributed by atoms with Gasteiger partial charge in [0.2, 0.25) is 0 Å². The lowest BCUT2D eigenvalue weighted by atomic mass is 10.00. The van der Waals surface area contributed by atoms with Crippen molar-refractivity contribution in [2.75, 3.05) is 57.8 Å². The Kier molecular flexibility index (Phi) is 9.13. The average molecular weight is 507 g/mol. The molecule has 6 nitrogen and oxygen atoms in total. The summed E-state index contributed by atoms with van der Waals surface area (Å²) in [6.45, 7) is 13.0. The molecular weight excluding hydrogens is 468 g/mol. The fraction of sp³-hybridized carbons (Fsp3) is 0.448. The Morgan fingerprint density at radius 3 is 2.47 bits per heavy atom. The topological polar surface area (TPSA) is 48.9 Å². The van der Waals surface area contributed by atoms with Crippen LogP contribution in [0.2, 0.25) is 0 Å². The predicted octanol–water partition coefficient (Wildman–Crippen LogP) is 5.63. The smallest absolute Gasteiger partial charge is 0.357 e. The molecule has 0 spiro atoms. The minimum atomic E-state index is -0.366. The summed E-state index contributed by atoms with van der Waals surface area (Å²) in [5.74, 6) is -0.366. The molecule has 1 aromatic heterocycles. The van der Waals surface area contributed by atoms with Gasteiger partial charge in [-0.1, -0.05) is 43.3 Å². The molecule has 0 atom stereocenters. The van der Waals surface area contributed by atoms with Gasteiger partial charge in [-0.25, -0.2) is 9.78 Å². The van der Waals surface area contributed by atoms with Gasteiger partial charge in [0.05, 0.1) is 6.61 Å². The molecule has 0 radical (unpaired) electrons. The Morgan fingerprint density at radius 1 is 1.06 bits per heavy atom. The summed E-state index contributed by atoms with van der Waals surface area (Å²) in [5.41, 5.74) is 6.46. The Morgan fingerprint density at radius 2 is 1.78 bits per heavy atom. The lowest BCUT2D eigenvalue weighted by molar-refractivity contribution is 0.0520. The molecular formula is C29H38N4O2S. The first kappa shape index (κ1) is 26.3. The Labute approximate surface area is 219 Å². The molecule has 1 saturated heterocycles. The van der Waals surface area contributed by atoms with Crippen LogP contribution in [0.25, 0.3) is 11.1 Å². The third kappa shape index (κ3) is 6.52. The summed E-state index contributed by atoms with van der Waals surface area (Å²) in [6, 6.07) is 15.6. The van der Waals surface area contributed by atoms with E-state index in [1.807, 2.05) is 6.92 Å². The van der Waals surface area contributed by atoms with E-state index in [0.717, 1.165) is 62.9 Å². The number of ether oxygens (including phenoxy) is 1. The van der Waals surface area contributed by atoms with Gasteiger partial charge in [0.15, 0.2) is 10.8 Å². The number of hydrogen-bond acceptors (Lipinski definition) is 7. The monoisotopic (exact) mass is 506 g/mol. The number of esters is 1. The normalized spacial score (nSPS) is 14.7. The maximum Gasteiger partial charge on any atom is 0.357 e. The van der Waals surface area contributed by atoms with Crippen LogP contribution in [0.3, 0.4) is 0 Å². The highest BCUT2D eigenvalue weighted by Gasteiger charge is 2.19. The fourth-order valence-corrected chi connectivity index (χ4v) is 5.37. The Balaban J connectivity index is 1.50. The van der Waals surface area contributed by atoms with Crippen LogP contribution in [0.5, 0.6) is 0 Å². The number of piperazine rings is 1. The van der Waals surface area contributed by atoms with E-state index in [1.165, 1.54) is 33.6 Å². The number of rotatable bonds is 10. The number of thiazole rings is 1. The minimum Gasteiger partial charge on any atom is -0.461 e. The minimum absolute atomic E-state index is 0.347. The summed E-state index contributed by atoms with van der Waals surface area (Å²) in [7, 11) is 2.20. The first-order valence-electron chi connectivity index (χ1n) is 13.0. The van der Waals surface area contributed by atoms with Gasteiger partial charge >= 0.3 is 5.97 Å². The van der Waals surface area contributed by atoms with Gasteiger partial charge in [0.1, 0.15) is 0 Å². The van der Waals surface area contributed by atoms with Crippen LogP contribution in [0, 0.1) is 6.92 Å². The van der Waals surface area contributed by atoms with Gasteiger partial charge < -0.3 is 19.4 Å². The third-order valence-electron chi connectivity index (χ3n) is 6.75. The van der Waals surface area contributed by atoms with Gasteiger partial charge in [-0.2, -0.15) is 0 Å². The van der Waals surface area contributed by atoms with Crippen LogP contribution in [-0.2, 0) is 11.2 Å². The van der Waals surface area contributed by atoms with E-state index in [1.54, 1.807) is 5.38 Å². The molecule has 0 aliphatic carbocycles. The third-order valence-corrected chi connectivity index (χ3v) is 7.62. The molecule has 1 aliphatic heterocycles. The zero-order valence-electron chi connectivity index (χ0n) is 22.0. The van der Waals surface area contributed by atoms with Gasteiger partial charge in [-0.3, -0.25) is 0 Å². The Hall–Kier alpha value is -2.74. The van der Waals surface area contributed by atoms with Crippen molar-refractivity contribution in [2.24, 2.45) is 0 Å². The number of hydrogen-bond donors (Lipinski definition) is 0. The van der Waals surface area contributed by atoms with E-state index in [0.29, 0.717) is 12.3 Å². The molecule has 192 valence electrons. The van der Waals surface area contributed by atoms with Crippen molar-refractivity contribution < 1.29 is 9.53 Å². The van der Waals surface area contributed by atoms with E-state index in [9.17, 15) is 4.79 Å². The number of carbonyl (C=O) groups is 1. The van der Waals surface area contributed by atoms with Crippen molar-refractivity contribution in [2.45, 2.75) is 33.6 Å². The van der Waals surface area contributed by atoms with Crippen LogP contribution >= 0.6 is 11.3 Å². The molecule has 0 N–H and O–H groups in total. The molecule has 2 aromatic carbocycles. The van der Waals surface area contributed by atoms with E-state index >= 15 is 0 Å². The van der Waals surface area contributed by atoms with Crippen molar-refractivity contribution in [3.63, 3.8) is 0 Å². The molecule has 7 heteroatoms. The SMILES string of the molecule is CCCN(c1nc(C(=O)OCC)cs1)c1cc(-c2ccc(CCN3CCN(C)CC3)cc2)ccc1C.